The van der Waals surface area contributed by atoms with Gasteiger partial charge in [-0.3, -0.25) is 0 Å². The summed E-state index contributed by atoms with van der Waals surface area (Å²) < 4.78 is 0. The van der Waals surface area contributed by atoms with Gasteiger partial charge >= 0.3 is 0 Å². The van der Waals surface area contributed by atoms with E-state index < -0.39 is 0 Å². The van der Waals surface area contributed by atoms with Crippen LogP contribution in [0.2, 0.25) is 0 Å². The summed E-state index contributed by atoms with van der Waals surface area (Å²) in [5.41, 5.74) is 0.531. The van der Waals surface area contributed by atoms with Crippen LogP contribution in [0.15, 0.2) is 0 Å². The molecule has 0 amide bonds. The molecule has 0 bridgehead atoms. The Morgan fingerprint density at radius 1 is 1.00 bits per heavy atom. The van der Waals surface area contributed by atoms with Crippen LogP contribution >= 0.6 is 12.6 Å². The van der Waals surface area contributed by atoms with Crippen molar-refractivity contribution in [2.24, 2.45) is 17.3 Å². The molecule has 0 aromatic heterocycles. The van der Waals surface area contributed by atoms with Gasteiger partial charge in [-0.05, 0) is 35.8 Å². The van der Waals surface area contributed by atoms with E-state index in [1.54, 1.807) is 0 Å². The number of likely N-dealkylation sites (tertiary alicyclic amines) is 1. The van der Waals surface area contributed by atoms with Crippen LogP contribution in [0.4, 0.5) is 0 Å². The first kappa shape index (κ1) is 13.7. The number of thiol groups is 1. The summed E-state index contributed by atoms with van der Waals surface area (Å²) in [7, 11) is 0. The summed E-state index contributed by atoms with van der Waals surface area (Å²) >= 11 is 4.69. The molecule has 2 fully saturated rings. The molecule has 1 nitrogen and oxygen atoms in total. The lowest BCUT2D eigenvalue weighted by Crippen LogP contribution is -2.38. The van der Waals surface area contributed by atoms with Gasteiger partial charge in [-0.2, -0.15) is 12.6 Å². The molecule has 0 radical (unpaired) electrons. The molecule has 1 heterocycles. The Balaban J connectivity index is 1.94. The Bertz CT molecular complexity index is 223. The number of rotatable bonds is 3. The zero-order valence-corrected chi connectivity index (χ0v) is 12.5. The number of nitrogens with zero attached hydrogens (tertiary/aromatic N) is 1. The molecule has 1 aliphatic heterocycles. The minimum atomic E-state index is 0.531. The molecule has 1 saturated carbocycles. The Morgan fingerprint density at radius 3 is 2.00 bits per heavy atom. The van der Waals surface area contributed by atoms with E-state index in [-0.39, 0.29) is 0 Å². The van der Waals surface area contributed by atoms with E-state index in [9.17, 15) is 0 Å². The first-order valence-corrected chi connectivity index (χ1v) is 8.12. The summed E-state index contributed by atoms with van der Waals surface area (Å²) in [5.74, 6) is 2.86. The average Bonchev–Trinajstić information content (AvgIpc) is 2.54. The van der Waals surface area contributed by atoms with Gasteiger partial charge in [0.2, 0.25) is 0 Å². The highest BCUT2D eigenvalue weighted by molar-refractivity contribution is 7.80. The van der Waals surface area contributed by atoms with Crippen molar-refractivity contribution in [3.8, 4) is 0 Å². The molecule has 0 aromatic carbocycles. The van der Waals surface area contributed by atoms with Crippen molar-refractivity contribution in [1.29, 1.82) is 0 Å². The molecule has 0 aromatic rings. The van der Waals surface area contributed by atoms with Crippen LogP contribution < -0.4 is 0 Å². The zero-order chi connectivity index (χ0) is 12.3. The largest absolute Gasteiger partial charge is 0.302 e. The monoisotopic (exact) mass is 255 g/mol. The van der Waals surface area contributed by atoms with Gasteiger partial charge in [0.25, 0.3) is 0 Å². The molecule has 100 valence electrons. The normalized spacial score (nSPS) is 34.8. The Morgan fingerprint density at radius 2 is 1.53 bits per heavy atom. The highest BCUT2D eigenvalue weighted by Gasteiger charge is 2.35. The van der Waals surface area contributed by atoms with Crippen molar-refractivity contribution >= 4 is 12.6 Å². The van der Waals surface area contributed by atoms with E-state index in [0.717, 1.165) is 17.6 Å². The van der Waals surface area contributed by atoms with Gasteiger partial charge in [-0.1, -0.05) is 39.5 Å². The van der Waals surface area contributed by atoms with E-state index in [0.29, 0.717) is 5.41 Å². The Hall–Kier alpha value is 0.310. The third kappa shape index (κ3) is 3.41. The zero-order valence-electron chi connectivity index (χ0n) is 11.6. The lowest BCUT2D eigenvalue weighted by molar-refractivity contribution is 0.169. The maximum absolute atomic E-state index is 4.69. The molecular weight excluding hydrogens is 226 g/mol. The SMILES string of the molecule is CC1CN(CC2(CS)CCCCCC2)CC1C. The van der Waals surface area contributed by atoms with Crippen LogP contribution in [0.3, 0.4) is 0 Å². The molecule has 2 atom stereocenters. The predicted octanol–water partition coefficient (Wildman–Crippen LogP) is 3.84. The quantitative estimate of drug-likeness (QED) is 0.592. The molecule has 0 N–H and O–H groups in total. The molecule has 2 aliphatic rings. The Kier molecular flexibility index (Phi) is 4.82. The van der Waals surface area contributed by atoms with Crippen LogP contribution in [0.1, 0.15) is 52.4 Å². The van der Waals surface area contributed by atoms with Crippen molar-refractivity contribution in [3.63, 3.8) is 0 Å². The molecule has 1 saturated heterocycles. The summed E-state index contributed by atoms with van der Waals surface area (Å²) in [6, 6.07) is 0. The fraction of sp³-hybridized carbons (Fsp3) is 1.00. The van der Waals surface area contributed by atoms with Crippen molar-refractivity contribution in [2.75, 3.05) is 25.4 Å². The standard InChI is InChI=1S/C15H29NS/c1-13-9-16(10-14(13)2)11-15(12-17)7-5-3-4-6-8-15/h13-14,17H,3-12H2,1-2H3. The van der Waals surface area contributed by atoms with Crippen LogP contribution in [0.25, 0.3) is 0 Å². The molecule has 0 spiro atoms. The number of hydrogen-bond acceptors (Lipinski definition) is 2. The summed E-state index contributed by atoms with van der Waals surface area (Å²) in [4.78, 5) is 2.72. The summed E-state index contributed by atoms with van der Waals surface area (Å²) in [6.07, 6.45) is 8.58. The summed E-state index contributed by atoms with van der Waals surface area (Å²) in [6.45, 7) is 8.76. The molecule has 2 unspecified atom stereocenters. The average molecular weight is 255 g/mol. The maximum Gasteiger partial charge on any atom is 0.00460 e. The topological polar surface area (TPSA) is 3.24 Å². The fourth-order valence-corrected chi connectivity index (χ4v) is 4.11. The molecule has 2 heteroatoms. The van der Waals surface area contributed by atoms with Gasteiger partial charge < -0.3 is 4.90 Å². The van der Waals surface area contributed by atoms with Crippen molar-refractivity contribution in [2.45, 2.75) is 52.4 Å². The molecule has 1 aliphatic carbocycles. The van der Waals surface area contributed by atoms with Gasteiger partial charge in [0.05, 0.1) is 0 Å². The minimum absolute atomic E-state index is 0.531. The van der Waals surface area contributed by atoms with E-state index in [1.165, 1.54) is 58.2 Å². The first-order chi connectivity index (χ1) is 8.15. The smallest absolute Gasteiger partial charge is 0.00460 e. The fourth-order valence-electron chi connectivity index (χ4n) is 3.70. The minimum Gasteiger partial charge on any atom is -0.302 e. The van der Waals surface area contributed by atoms with Gasteiger partial charge in [0.1, 0.15) is 0 Å². The van der Waals surface area contributed by atoms with Gasteiger partial charge in [-0.15, -0.1) is 0 Å². The van der Waals surface area contributed by atoms with E-state index in [1.807, 2.05) is 0 Å². The Labute approximate surface area is 113 Å². The molecular formula is C15H29NS. The van der Waals surface area contributed by atoms with Crippen LogP contribution in [-0.2, 0) is 0 Å². The van der Waals surface area contributed by atoms with Crippen molar-refractivity contribution in [1.82, 2.24) is 4.90 Å². The second kappa shape index (κ2) is 5.97. The molecule has 2 rings (SSSR count). The van der Waals surface area contributed by atoms with Crippen LogP contribution in [-0.4, -0.2) is 30.3 Å². The van der Waals surface area contributed by atoms with E-state index in [4.69, 9.17) is 0 Å². The molecule has 17 heavy (non-hydrogen) atoms. The van der Waals surface area contributed by atoms with Gasteiger partial charge in [0.15, 0.2) is 0 Å². The first-order valence-electron chi connectivity index (χ1n) is 7.48. The second-order valence-corrected chi connectivity index (χ2v) is 7.04. The highest BCUT2D eigenvalue weighted by atomic mass is 32.1. The van der Waals surface area contributed by atoms with Crippen molar-refractivity contribution < 1.29 is 0 Å². The highest BCUT2D eigenvalue weighted by Crippen LogP contribution is 2.38. The maximum atomic E-state index is 4.69. The van der Waals surface area contributed by atoms with E-state index >= 15 is 0 Å². The predicted molar refractivity (Wildman–Crippen MR) is 78.8 cm³/mol. The van der Waals surface area contributed by atoms with Crippen LogP contribution in [0, 0.1) is 17.3 Å². The number of hydrogen-bond donors (Lipinski definition) is 1. The third-order valence-corrected chi connectivity index (χ3v) is 5.79. The van der Waals surface area contributed by atoms with Crippen LogP contribution in [0.5, 0.6) is 0 Å². The summed E-state index contributed by atoms with van der Waals surface area (Å²) in [5, 5.41) is 0. The third-order valence-electron chi connectivity index (χ3n) is 5.12. The second-order valence-electron chi connectivity index (χ2n) is 6.72. The lowest BCUT2D eigenvalue weighted by Gasteiger charge is -2.35. The van der Waals surface area contributed by atoms with Crippen molar-refractivity contribution in [3.05, 3.63) is 0 Å². The van der Waals surface area contributed by atoms with Gasteiger partial charge in [0, 0.05) is 19.6 Å². The lowest BCUT2D eigenvalue weighted by atomic mass is 9.81. The van der Waals surface area contributed by atoms with E-state index in [2.05, 4.69) is 31.4 Å². The van der Waals surface area contributed by atoms with Gasteiger partial charge in [-0.25, -0.2) is 0 Å².